The molecule has 0 aliphatic rings. The summed E-state index contributed by atoms with van der Waals surface area (Å²) < 4.78 is 75.8. The summed E-state index contributed by atoms with van der Waals surface area (Å²) in [6, 6.07) is 4.81. The van der Waals surface area contributed by atoms with E-state index in [0.717, 1.165) is 30.5 Å². The van der Waals surface area contributed by atoms with Crippen LogP contribution in [0.2, 0.25) is 0 Å². The van der Waals surface area contributed by atoms with E-state index in [1.165, 1.54) is 26.8 Å². The van der Waals surface area contributed by atoms with E-state index in [-0.39, 0.29) is 18.1 Å². The van der Waals surface area contributed by atoms with Gasteiger partial charge >= 0.3 is 6.18 Å². The van der Waals surface area contributed by atoms with Gasteiger partial charge in [-0.3, -0.25) is 0 Å². The molecule has 1 aromatic carbocycles. The van der Waals surface area contributed by atoms with Crippen LogP contribution < -0.4 is 10.6 Å². The third-order valence-corrected chi connectivity index (χ3v) is 5.52. The summed E-state index contributed by atoms with van der Waals surface area (Å²) in [6.07, 6.45) is -3.64. The molecule has 0 saturated carbocycles. The van der Waals surface area contributed by atoms with Crippen molar-refractivity contribution in [3.05, 3.63) is 47.4 Å². The van der Waals surface area contributed by atoms with Crippen molar-refractivity contribution in [1.82, 2.24) is 4.98 Å². The molecule has 6 nitrogen and oxygen atoms in total. The minimum atomic E-state index is -4.52. The Morgan fingerprint density at radius 3 is 2.30 bits per heavy atom. The first-order valence-corrected chi connectivity index (χ1v) is 10.8. The van der Waals surface area contributed by atoms with Crippen molar-refractivity contribution in [2.45, 2.75) is 43.5 Å². The van der Waals surface area contributed by atoms with Gasteiger partial charge in [0.05, 0.1) is 22.9 Å². The van der Waals surface area contributed by atoms with Crippen LogP contribution in [0.3, 0.4) is 0 Å². The molecule has 0 saturated heterocycles. The summed E-state index contributed by atoms with van der Waals surface area (Å²) in [5.41, 5.74) is -2.10. The van der Waals surface area contributed by atoms with Gasteiger partial charge < -0.3 is 15.7 Å². The molecule has 11 heteroatoms. The summed E-state index contributed by atoms with van der Waals surface area (Å²) in [7, 11) is -3.77. The number of benzene rings is 1. The second-order valence-electron chi connectivity index (χ2n) is 7.48. The number of nitrogens with one attached hydrogen (secondary N) is 2. The predicted molar refractivity (Wildman–Crippen MR) is 106 cm³/mol. The number of hydrogen-bond donors (Lipinski definition) is 3. The quantitative estimate of drug-likeness (QED) is 0.560. The molecule has 30 heavy (non-hydrogen) atoms. The topological polar surface area (TPSA) is 91.3 Å². The number of anilines is 2. The minimum Gasteiger partial charge on any atom is -0.388 e. The minimum absolute atomic E-state index is 0.0418. The molecular weight excluding hydrogens is 426 g/mol. The molecule has 0 aliphatic carbocycles. The van der Waals surface area contributed by atoms with Crippen molar-refractivity contribution < 1.29 is 31.1 Å². The van der Waals surface area contributed by atoms with E-state index < -0.39 is 43.9 Å². The fraction of sp³-hybridized carbons (Fsp3) is 0.421. The predicted octanol–water partition coefficient (Wildman–Crippen LogP) is 3.61. The molecule has 1 heterocycles. The Bertz CT molecular complexity index is 1020. The van der Waals surface area contributed by atoms with Crippen molar-refractivity contribution >= 4 is 21.3 Å². The zero-order chi connectivity index (χ0) is 22.9. The molecule has 3 N–H and O–H groups in total. The van der Waals surface area contributed by atoms with E-state index in [4.69, 9.17) is 0 Å². The number of halogens is 4. The zero-order valence-corrected chi connectivity index (χ0v) is 17.6. The Morgan fingerprint density at radius 2 is 1.80 bits per heavy atom. The van der Waals surface area contributed by atoms with Gasteiger partial charge in [-0.15, -0.1) is 0 Å². The van der Waals surface area contributed by atoms with Gasteiger partial charge in [0.2, 0.25) is 0 Å². The van der Waals surface area contributed by atoms with Gasteiger partial charge in [0.15, 0.2) is 9.84 Å². The Kier molecular flexibility index (Phi) is 6.67. The molecule has 2 rings (SSSR count). The Hall–Kier alpha value is -2.40. The summed E-state index contributed by atoms with van der Waals surface area (Å²) in [5, 5.41) is 16.2. The highest BCUT2D eigenvalue weighted by molar-refractivity contribution is 7.90. The molecule has 2 aromatic rings. The number of alkyl halides is 3. The zero-order valence-electron chi connectivity index (χ0n) is 16.8. The van der Waals surface area contributed by atoms with Gasteiger partial charge in [0, 0.05) is 18.5 Å². The third kappa shape index (κ3) is 6.05. The normalized spacial score (nSPS) is 13.8. The fourth-order valence-electron chi connectivity index (χ4n) is 2.71. The van der Waals surface area contributed by atoms with Crippen LogP contribution in [0.5, 0.6) is 0 Å². The lowest BCUT2D eigenvalue weighted by Gasteiger charge is -2.31. The monoisotopic (exact) mass is 449 g/mol. The lowest BCUT2D eigenvalue weighted by Crippen LogP contribution is -2.46. The summed E-state index contributed by atoms with van der Waals surface area (Å²) in [6.45, 7) is 4.27. The van der Waals surface area contributed by atoms with Crippen LogP contribution in [-0.4, -0.2) is 43.0 Å². The van der Waals surface area contributed by atoms with Crippen molar-refractivity contribution in [1.29, 1.82) is 0 Å². The van der Waals surface area contributed by atoms with Crippen LogP contribution in [0.4, 0.5) is 29.1 Å². The first-order valence-electron chi connectivity index (χ1n) is 8.86. The maximum absolute atomic E-state index is 13.7. The molecule has 0 radical (unpaired) electrons. The summed E-state index contributed by atoms with van der Waals surface area (Å²) >= 11 is 0. The molecule has 0 aliphatic heterocycles. The Morgan fingerprint density at radius 1 is 1.17 bits per heavy atom. The summed E-state index contributed by atoms with van der Waals surface area (Å²) in [4.78, 5) is 3.44. The smallest absolute Gasteiger partial charge is 0.388 e. The maximum atomic E-state index is 13.7. The highest BCUT2D eigenvalue weighted by atomic mass is 32.2. The molecule has 1 atom stereocenters. The highest BCUT2D eigenvalue weighted by Gasteiger charge is 2.33. The lowest BCUT2D eigenvalue weighted by atomic mass is 9.98. The molecule has 0 bridgehead atoms. The van der Waals surface area contributed by atoms with E-state index in [1.54, 1.807) is 0 Å². The lowest BCUT2D eigenvalue weighted by molar-refractivity contribution is -0.138. The van der Waals surface area contributed by atoms with Crippen molar-refractivity contribution in [2.75, 3.05) is 23.4 Å². The first-order chi connectivity index (χ1) is 13.6. The van der Waals surface area contributed by atoms with Gasteiger partial charge in [-0.1, -0.05) is 0 Å². The molecule has 1 aromatic heterocycles. The number of aromatic nitrogens is 1. The van der Waals surface area contributed by atoms with Crippen LogP contribution in [-0.2, 0) is 16.0 Å². The molecule has 166 valence electrons. The average molecular weight is 449 g/mol. The number of aliphatic hydroxyl groups is 1. The van der Waals surface area contributed by atoms with Crippen molar-refractivity contribution in [3.8, 4) is 0 Å². The van der Waals surface area contributed by atoms with E-state index >= 15 is 0 Å². The van der Waals surface area contributed by atoms with Crippen molar-refractivity contribution in [2.24, 2.45) is 0 Å². The number of hydrogen-bond acceptors (Lipinski definition) is 6. The molecule has 0 unspecified atom stereocenters. The van der Waals surface area contributed by atoms with Gasteiger partial charge in [0.25, 0.3) is 0 Å². The average Bonchev–Trinajstić information content (AvgIpc) is 2.56. The van der Waals surface area contributed by atoms with Crippen LogP contribution in [0.1, 0.15) is 25.1 Å². The van der Waals surface area contributed by atoms with Crippen LogP contribution >= 0.6 is 0 Å². The SMILES string of the molecule is Cc1nc(N[C@H](CNc2ccc(F)c(S(C)(=O)=O)c2)C(C)(C)O)ccc1C(F)(F)F. The van der Waals surface area contributed by atoms with Gasteiger partial charge in [0.1, 0.15) is 16.5 Å². The number of aryl methyl sites for hydroxylation is 1. The molecular formula is C19H23F4N3O3S. The van der Waals surface area contributed by atoms with Crippen LogP contribution in [0, 0.1) is 12.7 Å². The number of nitrogens with zero attached hydrogens (tertiary/aromatic N) is 1. The number of rotatable bonds is 7. The molecule has 0 spiro atoms. The van der Waals surface area contributed by atoms with E-state index in [2.05, 4.69) is 15.6 Å². The Balaban J connectivity index is 2.22. The molecule has 0 fully saturated rings. The summed E-state index contributed by atoms with van der Waals surface area (Å²) in [5.74, 6) is -0.755. The standard InChI is InChI=1S/C19H23F4N3O3S/c1-11-13(19(21,22)23)6-8-17(25-11)26-16(18(2,3)27)10-24-12-5-7-14(20)15(9-12)30(4,28)29/h5-9,16,24,27H,10H2,1-4H3,(H,25,26)/t16-/m1/s1. The van der Waals surface area contributed by atoms with Crippen molar-refractivity contribution in [3.63, 3.8) is 0 Å². The van der Waals surface area contributed by atoms with Crippen LogP contribution in [0.15, 0.2) is 35.2 Å². The maximum Gasteiger partial charge on any atom is 0.418 e. The second kappa shape index (κ2) is 8.38. The highest BCUT2D eigenvalue weighted by Crippen LogP contribution is 2.32. The van der Waals surface area contributed by atoms with E-state index in [0.29, 0.717) is 5.69 Å². The van der Waals surface area contributed by atoms with E-state index in [1.807, 2.05) is 0 Å². The molecule has 0 amide bonds. The van der Waals surface area contributed by atoms with Gasteiger partial charge in [-0.2, -0.15) is 13.2 Å². The first kappa shape index (κ1) is 23.9. The van der Waals surface area contributed by atoms with Gasteiger partial charge in [-0.25, -0.2) is 17.8 Å². The number of pyridine rings is 1. The largest absolute Gasteiger partial charge is 0.418 e. The number of sulfone groups is 1. The second-order valence-corrected chi connectivity index (χ2v) is 9.46. The van der Waals surface area contributed by atoms with Crippen LogP contribution in [0.25, 0.3) is 0 Å². The van der Waals surface area contributed by atoms with Gasteiger partial charge in [-0.05, 0) is 51.1 Å². The Labute approximate surface area is 172 Å². The third-order valence-electron chi connectivity index (χ3n) is 4.41. The van der Waals surface area contributed by atoms with E-state index in [9.17, 15) is 31.1 Å². The fourth-order valence-corrected chi connectivity index (χ4v) is 3.48.